The Morgan fingerprint density at radius 1 is 1.19 bits per heavy atom. The lowest BCUT2D eigenvalue weighted by Gasteiger charge is -2.22. The zero-order valence-electron chi connectivity index (χ0n) is 12.5. The van der Waals surface area contributed by atoms with Gasteiger partial charge in [0.05, 0.1) is 10.2 Å². The van der Waals surface area contributed by atoms with Crippen LogP contribution in [0.5, 0.6) is 0 Å². The molecule has 0 N–H and O–H groups in total. The van der Waals surface area contributed by atoms with Crippen LogP contribution in [0.25, 0.3) is 0 Å². The van der Waals surface area contributed by atoms with Gasteiger partial charge in [0.15, 0.2) is 0 Å². The van der Waals surface area contributed by atoms with Gasteiger partial charge in [-0.25, -0.2) is 9.97 Å². The minimum absolute atomic E-state index is 0.0711. The molecule has 2 nitrogen and oxygen atoms in total. The lowest BCUT2D eigenvalue weighted by atomic mass is 9.91. The number of aryl methyl sites for hydroxylation is 1. The van der Waals surface area contributed by atoms with Gasteiger partial charge in [0.2, 0.25) is 0 Å². The highest BCUT2D eigenvalue weighted by Gasteiger charge is 2.29. The number of benzene rings is 1. The van der Waals surface area contributed by atoms with E-state index in [-0.39, 0.29) is 11.3 Å². The smallest absolute Gasteiger partial charge is 0.147 e. The summed E-state index contributed by atoms with van der Waals surface area (Å²) in [5.74, 6) is 1.10. The Balaban J connectivity index is 2.11. The second-order valence-electron chi connectivity index (χ2n) is 6.58. The van der Waals surface area contributed by atoms with E-state index in [4.69, 9.17) is 16.6 Å². The summed E-state index contributed by atoms with van der Waals surface area (Å²) in [6.45, 7) is 6.42. The molecule has 1 atom stereocenters. The standard InChI is InChI=1S/C17H18BrClN2/c1-17(2,3)14-13(18)15(19)21-16(20-14)12-9-8-10-6-4-5-7-11(10)12/h4-7,12H,8-9H2,1-3H3. The average molecular weight is 366 g/mol. The molecule has 0 aliphatic heterocycles. The van der Waals surface area contributed by atoms with E-state index in [0.29, 0.717) is 5.15 Å². The van der Waals surface area contributed by atoms with E-state index in [0.717, 1.165) is 28.8 Å². The molecule has 3 rings (SSSR count). The highest BCUT2D eigenvalue weighted by Crippen LogP contribution is 2.39. The zero-order chi connectivity index (χ0) is 15.2. The molecule has 110 valence electrons. The van der Waals surface area contributed by atoms with Crippen LogP contribution in [-0.4, -0.2) is 9.97 Å². The summed E-state index contributed by atoms with van der Waals surface area (Å²) >= 11 is 9.87. The highest BCUT2D eigenvalue weighted by molar-refractivity contribution is 9.10. The molecule has 0 radical (unpaired) electrons. The van der Waals surface area contributed by atoms with Gasteiger partial charge in [-0.05, 0) is 39.9 Å². The molecule has 0 fully saturated rings. The Kier molecular flexibility index (Phi) is 3.83. The molecule has 1 aliphatic carbocycles. The fraction of sp³-hybridized carbons (Fsp3) is 0.412. The molecule has 0 saturated heterocycles. The van der Waals surface area contributed by atoms with Crippen LogP contribution in [0.15, 0.2) is 28.7 Å². The number of nitrogens with zero attached hydrogens (tertiary/aromatic N) is 2. The van der Waals surface area contributed by atoms with Gasteiger partial charge in [0, 0.05) is 11.3 Å². The molecule has 4 heteroatoms. The number of rotatable bonds is 1. The first-order valence-corrected chi connectivity index (χ1v) is 8.36. The van der Waals surface area contributed by atoms with Crippen LogP contribution in [0.1, 0.15) is 55.8 Å². The van der Waals surface area contributed by atoms with Crippen molar-refractivity contribution in [3.63, 3.8) is 0 Å². The van der Waals surface area contributed by atoms with E-state index >= 15 is 0 Å². The van der Waals surface area contributed by atoms with Crippen LogP contribution in [-0.2, 0) is 11.8 Å². The van der Waals surface area contributed by atoms with E-state index in [1.165, 1.54) is 11.1 Å². The molecule has 1 unspecified atom stereocenters. The monoisotopic (exact) mass is 364 g/mol. The highest BCUT2D eigenvalue weighted by atomic mass is 79.9. The van der Waals surface area contributed by atoms with Crippen molar-refractivity contribution in [3.05, 3.63) is 56.5 Å². The summed E-state index contributed by atoms with van der Waals surface area (Å²) in [6.07, 6.45) is 2.14. The maximum Gasteiger partial charge on any atom is 0.147 e. The Labute approximate surface area is 139 Å². The molecule has 0 spiro atoms. The predicted molar refractivity (Wildman–Crippen MR) is 90.0 cm³/mol. The summed E-state index contributed by atoms with van der Waals surface area (Å²) in [5, 5.41) is 0.509. The van der Waals surface area contributed by atoms with Crippen molar-refractivity contribution in [2.45, 2.75) is 44.9 Å². The van der Waals surface area contributed by atoms with Crippen molar-refractivity contribution in [1.29, 1.82) is 0 Å². The van der Waals surface area contributed by atoms with Crippen LogP contribution in [0.4, 0.5) is 0 Å². The molecule has 1 heterocycles. The Morgan fingerprint density at radius 3 is 2.62 bits per heavy atom. The van der Waals surface area contributed by atoms with Gasteiger partial charge < -0.3 is 0 Å². The second-order valence-corrected chi connectivity index (χ2v) is 7.73. The number of aromatic nitrogens is 2. The lowest BCUT2D eigenvalue weighted by molar-refractivity contribution is 0.553. The maximum absolute atomic E-state index is 6.33. The summed E-state index contributed by atoms with van der Waals surface area (Å²) in [5.41, 5.74) is 3.65. The first-order chi connectivity index (χ1) is 9.88. The fourth-order valence-electron chi connectivity index (χ4n) is 2.91. The third-order valence-corrected chi connectivity index (χ3v) is 5.24. The Hall–Kier alpha value is -0.930. The van der Waals surface area contributed by atoms with Gasteiger partial charge in [-0.3, -0.25) is 0 Å². The second kappa shape index (κ2) is 5.36. The third kappa shape index (κ3) is 2.74. The van der Waals surface area contributed by atoms with Gasteiger partial charge in [0.1, 0.15) is 11.0 Å². The summed E-state index contributed by atoms with van der Waals surface area (Å²) < 4.78 is 0.812. The van der Waals surface area contributed by atoms with Crippen molar-refractivity contribution in [2.24, 2.45) is 0 Å². The number of halogens is 2. The number of hydrogen-bond donors (Lipinski definition) is 0. The van der Waals surface area contributed by atoms with Gasteiger partial charge in [-0.2, -0.15) is 0 Å². The van der Waals surface area contributed by atoms with Crippen LogP contribution in [0, 0.1) is 0 Å². The van der Waals surface area contributed by atoms with Crippen molar-refractivity contribution in [1.82, 2.24) is 9.97 Å². The summed E-state index contributed by atoms with van der Waals surface area (Å²) in [7, 11) is 0. The molecule has 0 amide bonds. The largest absolute Gasteiger partial charge is 0.235 e. The first-order valence-electron chi connectivity index (χ1n) is 7.19. The van der Waals surface area contributed by atoms with Crippen LogP contribution >= 0.6 is 27.5 Å². The molecule has 1 aliphatic rings. The van der Waals surface area contributed by atoms with Crippen molar-refractivity contribution in [2.75, 3.05) is 0 Å². The SMILES string of the molecule is CC(C)(C)c1nc(C2CCc3ccccc32)nc(Cl)c1Br. The fourth-order valence-corrected chi connectivity index (χ4v) is 3.86. The Bertz CT molecular complexity index is 692. The van der Waals surface area contributed by atoms with Crippen molar-refractivity contribution < 1.29 is 0 Å². The molecule has 0 bridgehead atoms. The van der Waals surface area contributed by atoms with E-state index in [1.807, 2.05) is 0 Å². The first kappa shape index (κ1) is 15.0. The quantitative estimate of drug-likeness (QED) is 0.643. The minimum atomic E-state index is -0.0711. The van der Waals surface area contributed by atoms with E-state index < -0.39 is 0 Å². The zero-order valence-corrected chi connectivity index (χ0v) is 14.8. The van der Waals surface area contributed by atoms with Gasteiger partial charge >= 0.3 is 0 Å². The summed E-state index contributed by atoms with van der Waals surface area (Å²) in [4.78, 5) is 9.38. The number of fused-ring (bicyclic) bond motifs is 1. The maximum atomic E-state index is 6.33. The van der Waals surface area contributed by atoms with Crippen LogP contribution in [0.3, 0.4) is 0 Å². The van der Waals surface area contributed by atoms with Crippen LogP contribution in [0.2, 0.25) is 5.15 Å². The van der Waals surface area contributed by atoms with Crippen molar-refractivity contribution >= 4 is 27.5 Å². The van der Waals surface area contributed by atoms with Gasteiger partial charge in [-0.1, -0.05) is 56.6 Å². The average Bonchev–Trinajstić information content (AvgIpc) is 2.84. The van der Waals surface area contributed by atoms with Gasteiger partial charge in [-0.15, -0.1) is 0 Å². The van der Waals surface area contributed by atoms with Gasteiger partial charge in [0.25, 0.3) is 0 Å². The number of hydrogen-bond acceptors (Lipinski definition) is 2. The third-order valence-electron chi connectivity index (χ3n) is 3.98. The minimum Gasteiger partial charge on any atom is -0.235 e. The molecule has 21 heavy (non-hydrogen) atoms. The summed E-state index contributed by atoms with van der Waals surface area (Å²) in [6, 6.07) is 8.56. The predicted octanol–water partition coefficient (Wildman–Crippen LogP) is 5.27. The van der Waals surface area contributed by atoms with E-state index in [9.17, 15) is 0 Å². The normalized spacial score (nSPS) is 17.9. The molecule has 1 aromatic heterocycles. The Morgan fingerprint density at radius 2 is 1.90 bits per heavy atom. The molecule has 2 aromatic rings. The van der Waals surface area contributed by atoms with Crippen molar-refractivity contribution in [3.8, 4) is 0 Å². The molecule has 1 aromatic carbocycles. The molecule has 0 saturated carbocycles. The van der Waals surface area contributed by atoms with E-state index in [2.05, 4.69) is 66.0 Å². The van der Waals surface area contributed by atoms with E-state index in [1.54, 1.807) is 0 Å². The topological polar surface area (TPSA) is 25.8 Å². The molecular weight excluding hydrogens is 348 g/mol. The lowest BCUT2D eigenvalue weighted by Crippen LogP contribution is -2.18. The molecular formula is C17H18BrClN2. The van der Waals surface area contributed by atoms with Crippen LogP contribution < -0.4 is 0 Å².